The van der Waals surface area contributed by atoms with Crippen LogP contribution in [-0.2, 0) is 35.8 Å². The van der Waals surface area contributed by atoms with E-state index in [1.807, 2.05) is 46.5 Å². The van der Waals surface area contributed by atoms with Crippen LogP contribution in [0.2, 0.25) is 0 Å². The lowest BCUT2D eigenvalue weighted by atomic mass is 10.1. The van der Waals surface area contributed by atoms with Crippen molar-refractivity contribution in [1.29, 1.82) is 0 Å². The quantitative estimate of drug-likeness (QED) is 0.302. The minimum Gasteiger partial charge on any atom is -0.342 e. The van der Waals surface area contributed by atoms with Crippen molar-refractivity contribution in [2.75, 3.05) is 78.5 Å². The summed E-state index contributed by atoms with van der Waals surface area (Å²) in [6.07, 6.45) is 10.5. The van der Waals surface area contributed by atoms with Crippen molar-refractivity contribution in [2.24, 2.45) is 0 Å². The molecule has 2 bridgehead atoms. The average Bonchev–Trinajstić information content (AvgIpc) is 3.15. The summed E-state index contributed by atoms with van der Waals surface area (Å²) in [6, 6.07) is 18.4. The van der Waals surface area contributed by atoms with Crippen LogP contribution in [0.4, 0.5) is 0 Å². The van der Waals surface area contributed by atoms with Crippen molar-refractivity contribution in [2.45, 2.75) is 64.7 Å². The van der Waals surface area contributed by atoms with Crippen molar-refractivity contribution >= 4 is 11.8 Å². The van der Waals surface area contributed by atoms with Crippen LogP contribution in [0, 0.1) is 0 Å². The average molecular weight is 682 g/mol. The third kappa shape index (κ3) is 11.4. The van der Waals surface area contributed by atoms with Gasteiger partial charge in [-0.25, -0.2) is 0 Å². The molecule has 0 aliphatic carbocycles. The number of amides is 2. The fraction of sp³-hybridized carbons (Fsp3) is 0.564. The summed E-state index contributed by atoms with van der Waals surface area (Å²) in [6.45, 7) is 11.8. The minimum atomic E-state index is 0.221. The van der Waals surface area contributed by atoms with E-state index >= 15 is 0 Å². The molecule has 2 fully saturated rings. The first-order valence-corrected chi connectivity index (χ1v) is 18.8. The van der Waals surface area contributed by atoms with Crippen LogP contribution >= 0.6 is 0 Å². The van der Waals surface area contributed by atoms with Gasteiger partial charge in [0, 0.05) is 104 Å². The van der Waals surface area contributed by atoms with Gasteiger partial charge in [0.15, 0.2) is 0 Å². The number of aromatic nitrogens is 3. The summed E-state index contributed by atoms with van der Waals surface area (Å²) >= 11 is 0. The summed E-state index contributed by atoms with van der Waals surface area (Å²) in [5.41, 5.74) is 4.02. The smallest absolute Gasteiger partial charge is 0.236 e. The highest BCUT2D eigenvalue weighted by molar-refractivity contribution is 5.78. The third-order valence-corrected chi connectivity index (χ3v) is 10.2. The molecule has 3 aliphatic rings. The molecule has 0 radical (unpaired) electrons. The Morgan fingerprint density at radius 2 is 1.04 bits per heavy atom. The first-order valence-electron chi connectivity index (χ1n) is 18.8. The first-order chi connectivity index (χ1) is 24.6. The molecule has 0 N–H and O–H groups in total. The molecule has 2 amide bonds. The van der Waals surface area contributed by atoms with E-state index in [9.17, 15) is 9.59 Å². The normalized spacial score (nSPS) is 18.8. The molecule has 3 aliphatic heterocycles. The predicted molar refractivity (Wildman–Crippen MR) is 195 cm³/mol. The molecule has 6 rings (SSSR count). The summed E-state index contributed by atoms with van der Waals surface area (Å²) in [5.74, 6) is 0.442. The van der Waals surface area contributed by atoms with E-state index in [-0.39, 0.29) is 11.8 Å². The van der Waals surface area contributed by atoms with Crippen molar-refractivity contribution in [3.8, 4) is 0 Å². The summed E-state index contributed by atoms with van der Waals surface area (Å²) in [7, 11) is 0. The Kier molecular flexibility index (Phi) is 13.7. The number of piperidine rings is 2. The zero-order chi connectivity index (χ0) is 34.4. The molecule has 3 aromatic heterocycles. The second-order valence-corrected chi connectivity index (χ2v) is 14.1. The van der Waals surface area contributed by atoms with Gasteiger partial charge in [0.05, 0.1) is 35.9 Å². The van der Waals surface area contributed by atoms with E-state index in [0.717, 1.165) is 127 Å². The highest BCUT2D eigenvalue weighted by atomic mass is 16.2. The highest BCUT2D eigenvalue weighted by Gasteiger charge is 2.24. The van der Waals surface area contributed by atoms with Gasteiger partial charge in [-0.1, -0.05) is 18.2 Å². The number of hydrogen-bond acceptors (Lipinski definition) is 9. The number of hydrogen-bond donors (Lipinski definition) is 0. The third-order valence-electron chi connectivity index (χ3n) is 10.2. The largest absolute Gasteiger partial charge is 0.342 e. The molecule has 11 nitrogen and oxygen atoms in total. The van der Waals surface area contributed by atoms with Crippen molar-refractivity contribution in [1.82, 2.24) is 44.4 Å². The SMILES string of the molecule is O=C(CN1CCN(CCN(Cc2ccccn2)Cc2ccccn2)CCN(CC(=O)N2CCCCC2)Cc2cccc(n2)C1)N1CCCCC1. The number of fused-ring (bicyclic) bond motifs is 2. The second-order valence-electron chi connectivity index (χ2n) is 14.1. The molecule has 3 aromatic rings. The van der Waals surface area contributed by atoms with Crippen LogP contribution in [0.15, 0.2) is 67.0 Å². The van der Waals surface area contributed by atoms with Crippen molar-refractivity contribution < 1.29 is 9.59 Å². The first kappa shape index (κ1) is 36.0. The summed E-state index contributed by atoms with van der Waals surface area (Å²) in [5, 5.41) is 0. The zero-order valence-electron chi connectivity index (χ0n) is 29.7. The summed E-state index contributed by atoms with van der Waals surface area (Å²) in [4.78, 5) is 54.8. The lowest BCUT2D eigenvalue weighted by molar-refractivity contribution is -0.134. The summed E-state index contributed by atoms with van der Waals surface area (Å²) < 4.78 is 0. The molecule has 50 heavy (non-hydrogen) atoms. The van der Waals surface area contributed by atoms with E-state index in [1.54, 1.807) is 0 Å². The van der Waals surface area contributed by atoms with Crippen LogP contribution < -0.4 is 0 Å². The maximum atomic E-state index is 13.5. The molecule has 2 saturated heterocycles. The van der Waals surface area contributed by atoms with Crippen LogP contribution in [0.3, 0.4) is 0 Å². The van der Waals surface area contributed by atoms with Crippen LogP contribution in [0.1, 0.15) is 61.3 Å². The van der Waals surface area contributed by atoms with Gasteiger partial charge in [0.1, 0.15) is 0 Å². The molecule has 11 heteroatoms. The Morgan fingerprint density at radius 3 is 1.50 bits per heavy atom. The van der Waals surface area contributed by atoms with Crippen LogP contribution in [0.25, 0.3) is 0 Å². The van der Waals surface area contributed by atoms with Gasteiger partial charge in [-0.15, -0.1) is 0 Å². The molecule has 0 spiro atoms. The Morgan fingerprint density at radius 1 is 0.560 bits per heavy atom. The number of carbonyl (C=O) groups excluding carboxylic acids is 2. The van der Waals surface area contributed by atoms with Gasteiger partial charge < -0.3 is 9.80 Å². The lowest BCUT2D eigenvalue weighted by Gasteiger charge is -2.34. The number of rotatable bonds is 11. The van der Waals surface area contributed by atoms with E-state index < -0.39 is 0 Å². The number of nitrogens with zero attached hydrogens (tertiary/aromatic N) is 9. The predicted octanol–water partition coefficient (Wildman–Crippen LogP) is 3.52. The zero-order valence-corrected chi connectivity index (χ0v) is 29.7. The standard InChI is InChI=1S/C39H55N9O2/c49-38(47-18-7-1-8-19-47)32-45-26-23-43(22-25-44(28-34-12-3-5-16-40-34)29-35-13-4-6-17-41-35)24-27-46(31-37-15-11-14-36(30-45)42-37)33-39(50)48-20-9-2-10-21-48/h3-6,11-17H,1-2,7-10,18-33H2. The fourth-order valence-corrected chi connectivity index (χ4v) is 7.30. The Labute approximate surface area is 298 Å². The van der Waals surface area contributed by atoms with Gasteiger partial charge >= 0.3 is 0 Å². The Balaban J connectivity index is 1.19. The van der Waals surface area contributed by atoms with Crippen LogP contribution in [0.5, 0.6) is 0 Å². The maximum absolute atomic E-state index is 13.5. The molecular weight excluding hydrogens is 626 g/mol. The molecule has 0 atom stereocenters. The van der Waals surface area contributed by atoms with Gasteiger partial charge in [0.25, 0.3) is 0 Å². The number of likely N-dealkylation sites (tertiary alicyclic amines) is 2. The van der Waals surface area contributed by atoms with E-state index in [2.05, 4.69) is 59.9 Å². The topological polar surface area (TPSA) is 92.2 Å². The highest BCUT2D eigenvalue weighted by Crippen LogP contribution is 2.15. The number of carbonyl (C=O) groups is 2. The second kappa shape index (κ2) is 19.0. The Bertz CT molecular complexity index is 1360. The molecule has 0 saturated carbocycles. The molecule has 268 valence electrons. The molecule has 0 aromatic carbocycles. The number of pyridine rings is 3. The minimum absolute atomic E-state index is 0.221. The van der Waals surface area contributed by atoms with E-state index in [0.29, 0.717) is 26.2 Å². The van der Waals surface area contributed by atoms with Gasteiger partial charge in [-0.2, -0.15) is 0 Å². The van der Waals surface area contributed by atoms with Crippen molar-refractivity contribution in [3.05, 3.63) is 89.8 Å². The monoisotopic (exact) mass is 681 g/mol. The maximum Gasteiger partial charge on any atom is 0.236 e. The van der Waals surface area contributed by atoms with Gasteiger partial charge in [-0.3, -0.25) is 44.1 Å². The molecule has 6 heterocycles. The Hall–Kier alpha value is -3.77. The van der Waals surface area contributed by atoms with Crippen molar-refractivity contribution in [3.63, 3.8) is 0 Å². The van der Waals surface area contributed by atoms with Gasteiger partial charge in [-0.05, 0) is 74.9 Å². The molecular formula is C39H55N9O2. The van der Waals surface area contributed by atoms with E-state index in [1.165, 1.54) is 12.8 Å². The van der Waals surface area contributed by atoms with Gasteiger partial charge in [0.2, 0.25) is 11.8 Å². The lowest BCUT2D eigenvalue weighted by Crippen LogP contribution is -2.48. The van der Waals surface area contributed by atoms with Crippen LogP contribution in [-0.4, -0.2) is 135 Å². The fourth-order valence-electron chi connectivity index (χ4n) is 7.30. The van der Waals surface area contributed by atoms with E-state index in [4.69, 9.17) is 4.98 Å². The molecule has 0 unspecified atom stereocenters.